The Bertz CT molecular complexity index is 1420. The number of rotatable bonds is 7. The van der Waals surface area contributed by atoms with Crippen LogP contribution in [0, 0.1) is 11.8 Å². The summed E-state index contributed by atoms with van der Waals surface area (Å²) in [4.78, 5) is 17.8. The minimum atomic E-state index is -0.375. The van der Waals surface area contributed by atoms with Gasteiger partial charge >= 0.3 is 0 Å². The molecule has 2 unspecified atom stereocenters. The maximum absolute atomic E-state index is 13.3. The van der Waals surface area contributed by atoms with Crippen LogP contribution in [0.2, 0.25) is 5.02 Å². The van der Waals surface area contributed by atoms with Crippen LogP contribution in [0.1, 0.15) is 58.6 Å². The summed E-state index contributed by atoms with van der Waals surface area (Å²) >= 11 is 6.03. The van der Waals surface area contributed by atoms with Crippen LogP contribution in [0.4, 0.5) is 0 Å². The third-order valence-electron chi connectivity index (χ3n) is 9.78. The summed E-state index contributed by atoms with van der Waals surface area (Å²) in [6.07, 6.45) is 3.80. The molecule has 7 nitrogen and oxygen atoms in total. The lowest BCUT2D eigenvalue weighted by molar-refractivity contribution is -0.178. The lowest BCUT2D eigenvalue weighted by Crippen LogP contribution is -2.34. The largest absolute Gasteiger partial charge is 0.457 e. The van der Waals surface area contributed by atoms with Gasteiger partial charge in [-0.25, -0.2) is 0 Å². The first-order valence-corrected chi connectivity index (χ1v) is 15.9. The van der Waals surface area contributed by atoms with E-state index in [-0.39, 0.29) is 18.3 Å². The van der Waals surface area contributed by atoms with E-state index in [1.807, 2.05) is 47.4 Å². The first-order valence-electron chi connectivity index (χ1n) is 15.5. The van der Waals surface area contributed by atoms with E-state index < -0.39 is 0 Å². The van der Waals surface area contributed by atoms with Gasteiger partial charge in [0.15, 0.2) is 5.79 Å². The fourth-order valence-corrected chi connectivity index (χ4v) is 7.59. The highest BCUT2D eigenvalue weighted by atomic mass is 35.5. The number of carbonyl (C=O) groups is 1. The monoisotopic (exact) mass is 602 g/mol. The number of hydrogen-bond donors (Lipinski definition) is 1. The van der Waals surface area contributed by atoms with E-state index in [2.05, 4.69) is 29.2 Å². The molecule has 3 saturated heterocycles. The van der Waals surface area contributed by atoms with Crippen LogP contribution in [-0.4, -0.2) is 66.0 Å². The van der Waals surface area contributed by atoms with Gasteiger partial charge in [-0.3, -0.25) is 9.69 Å². The second kappa shape index (κ2) is 12.2. The van der Waals surface area contributed by atoms with Gasteiger partial charge in [-0.1, -0.05) is 29.8 Å². The Balaban J connectivity index is 0.930. The Morgan fingerprint density at radius 3 is 2.23 bits per heavy atom. The van der Waals surface area contributed by atoms with Crippen LogP contribution in [-0.2, 0) is 22.6 Å². The van der Waals surface area contributed by atoms with E-state index in [9.17, 15) is 9.90 Å². The van der Waals surface area contributed by atoms with Crippen LogP contribution in [0.3, 0.4) is 0 Å². The number of carbonyl (C=O) groups excluding carboxylic acids is 1. The summed E-state index contributed by atoms with van der Waals surface area (Å²) in [6, 6.07) is 21.6. The van der Waals surface area contributed by atoms with Crippen molar-refractivity contribution in [2.75, 3.05) is 39.4 Å². The van der Waals surface area contributed by atoms with Gasteiger partial charge in [-0.15, -0.1) is 0 Å². The topological polar surface area (TPSA) is 71.5 Å². The molecule has 8 heteroatoms. The maximum atomic E-state index is 13.3. The molecular formula is C35H39ClN2O5. The fraction of sp³-hybridized carbons (Fsp3) is 0.457. The van der Waals surface area contributed by atoms with Gasteiger partial charge in [0.1, 0.15) is 11.5 Å². The number of aliphatic hydroxyl groups is 1. The van der Waals surface area contributed by atoms with Crippen LogP contribution >= 0.6 is 11.6 Å². The van der Waals surface area contributed by atoms with Gasteiger partial charge in [-0.05, 0) is 90.3 Å². The van der Waals surface area contributed by atoms with Gasteiger partial charge < -0.3 is 24.2 Å². The molecule has 1 aliphatic carbocycles. The van der Waals surface area contributed by atoms with Crippen molar-refractivity contribution in [3.8, 4) is 11.5 Å². The molecule has 1 amide bonds. The van der Waals surface area contributed by atoms with Crippen molar-refractivity contribution in [2.45, 2.75) is 50.5 Å². The van der Waals surface area contributed by atoms with Crippen LogP contribution in [0.5, 0.6) is 11.5 Å². The summed E-state index contributed by atoms with van der Waals surface area (Å²) in [5.41, 5.74) is 3.93. The average molecular weight is 603 g/mol. The Morgan fingerprint density at radius 2 is 1.58 bits per heavy atom. The highest BCUT2D eigenvalue weighted by Crippen LogP contribution is 2.43. The quantitative estimate of drug-likeness (QED) is 0.346. The van der Waals surface area contributed by atoms with Crippen LogP contribution in [0.25, 0.3) is 0 Å². The molecular weight excluding hydrogens is 564 g/mol. The number of benzene rings is 3. The Morgan fingerprint density at radius 1 is 0.907 bits per heavy atom. The lowest BCUT2D eigenvalue weighted by atomic mass is 9.80. The molecule has 1 N–H and O–H groups in total. The fourth-order valence-electron chi connectivity index (χ4n) is 7.46. The van der Waals surface area contributed by atoms with Gasteiger partial charge in [0.05, 0.1) is 19.8 Å². The number of nitrogens with zero attached hydrogens (tertiary/aromatic N) is 2. The Hall–Kier alpha value is -2.94. The molecule has 3 aromatic carbocycles. The molecule has 3 heterocycles. The number of fused-ring (bicyclic) bond motifs is 1. The van der Waals surface area contributed by atoms with E-state index in [1.54, 1.807) is 0 Å². The first-order chi connectivity index (χ1) is 21.0. The minimum absolute atomic E-state index is 0.0771. The molecule has 43 heavy (non-hydrogen) atoms. The van der Waals surface area contributed by atoms with E-state index >= 15 is 0 Å². The molecule has 4 aliphatic rings. The van der Waals surface area contributed by atoms with Gasteiger partial charge in [-0.2, -0.15) is 0 Å². The summed E-state index contributed by atoms with van der Waals surface area (Å²) in [6.45, 7) is 5.82. The first kappa shape index (κ1) is 28.8. The van der Waals surface area contributed by atoms with Crippen LogP contribution in [0.15, 0.2) is 66.7 Å². The summed E-state index contributed by atoms with van der Waals surface area (Å²) in [5, 5.41) is 10.9. The van der Waals surface area contributed by atoms with Gasteiger partial charge in [0.2, 0.25) is 0 Å². The molecule has 7 rings (SSSR count). The SMILES string of the molecule is O=C(c1ccc(Oc2ccc(C3CCC4(CC3)OCCO4)cc2CO)cc1)N1CC2CN(Cc3ccc(Cl)cc3)CC2C1. The number of ether oxygens (including phenoxy) is 3. The second-order valence-corrected chi connectivity index (χ2v) is 13.0. The average Bonchev–Trinajstić information content (AvgIpc) is 3.75. The van der Waals surface area contributed by atoms with Gasteiger partial charge in [0.25, 0.3) is 5.91 Å². The number of aliphatic hydroxyl groups excluding tert-OH is 1. The Kier molecular flexibility index (Phi) is 8.18. The van der Waals surface area contributed by atoms with Crippen molar-refractivity contribution >= 4 is 17.5 Å². The van der Waals surface area contributed by atoms with Crippen molar-refractivity contribution in [3.63, 3.8) is 0 Å². The zero-order chi connectivity index (χ0) is 29.4. The van der Waals surface area contributed by atoms with Crippen molar-refractivity contribution < 1.29 is 24.1 Å². The second-order valence-electron chi connectivity index (χ2n) is 12.6. The highest BCUT2D eigenvalue weighted by Gasteiger charge is 2.42. The molecule has 3 aliphatic heterocycles. The van der Waals surface area contributed by atoms with Crippen molar-refractivity contribution in [2.24, 2.45) is 11.8 Å². The Labute approximate surface area is 258 Å². The van der Waals surface area contributed by atoms with Crippen molar-refractivity contribution in [1.82, 2.24) is 9.80 Å². The molecule has 226 valence electrons. The van der Waals surface area contributed by atoms with E-state index in [4.69, 9.17) is 25.8 Å². The minimum Gasteiger partial charge on any atom is -0.457 e. The number of halogens is 1. The molecule has 1 saturated carbocycles. The zero-order valence-corrected chi connectivity index (χ0v) is 25.2. The molecule has 0 radical (unpaired) electrons. The van der Waals surface area contributed by atoms with Crippen molar-refractivity contribution in [1.29, 1.82) is 0 Å². The van der Waals surface area contributed by atoms with Gasteiger partial charge in [0, 0.05) is 61.7 Å². The van der Waals surface area contributed by atoms with Crippen molar-refractivity contribution in [3.05, 3.63) is 94.0 Å². The molecule has 0 aromatic heterocycles. The standard InChI is InChI=1S/C35H39ClN2O5/c36-31-6-1-24(2-7-31)18-37-19-29-21-38(22-30(29)20-37)34(40)26-3-8-32(9-4-26)43-33-10-5-27(17-28(33)23-39)25-11-13-35(14-12-25)41-15-16-42-35/h1-10,17,25,29-30,39H,11-16,18-23H2. The third kappa shape index (κ3) is 6.19. The molecule has 4 fully saturated rings. The summed E-state index contributed by atoms with van der Waals surface area (Å²) in [5.74, 6) is 2.42. The number of likely N-dealkylation sites (tertiary alicyclic amines) is 2. The van der Waals surface area contributed by atoms with E-state index in [1.165, 1.54) is 11.1 Å². The number of hydrogen-bond acceptors (Lipinski definition) is 6. The molecule has 0 bridgehead atoms. The zero-order valence-electron chi connectivity index (χ0n) is 24.4. The predicted octanol–water partition coefficient (Wildman–Crippen LogP) is 6.23. The van der Waals surface area contributed by atoms with E-state index in [0.717, 1.165) is 69.0 Å². The smallest absolute Gasteiger partial charge is 0.253 e. The third-order valence-corrected chi connectivity index (χ3v) is 10.0. The molecule has 2 atom stereocenters. The normalized spacial score (nSPS) is 23.6. The summed E-state index contributed by atoms with van der Waals surface area (Å²) in [7, 11) is 0. The molecule has 1 spiro atoms. The lowest BCUT2D eigenvalue weighted by Gasteiger charge is -2.35. The number of amides is 1. The maximum Gasteiger partial charge on any atom is 0.253 e. The van der Waals surface area contributed by atoms with E-state index in [0.29, 0.717) is 48.0 Å². The predicted molar refractivity (Wildman–Crippen MR) is 164 cm³/mol. The summed E-state index contributed by atoms with van der Waals surface area (Å²) < 4.78 is 17.9. The highest BCUT2D eigenvalue weighted by molar-refractivity contribution is 6.30. The molecule has 3 aromatic rings. The van der Waals surface area contributed by atoms with Crippen LogP contribution < -0.4 is 4.74 Å².